The number of hydrogen-bond acceptors (Lipinski definition) is 6. The minimum atomic E-state index is -0.0452. The van der Waals surface area contributed by atoms with Crippen LogP contribution in [0.15, 0.2) is 47.0 Å². The van der Waals surface area contributed by atoms with Crippen LogP contribution < -0.4 is 5.32 Å². The average molecular weight is 470 g/mol. The van der Waals surface area contributed by atoms with Gasteiger partial charge in [0.25, 0.3) is 0 Å². The average Bonchev–Trinajstić information content (AvgIpc) is 3.24. The lowest BCUT2D eigenvalue weighted by Gasteiger charge is -2.30. The van der Waals surface area contributed by atoms with E-state index in [4.69, 9.17) is 33.0 Å². The zero-order chi connectivity index (χ0) is 22.5. The number of piperidine rings is 1. The number of aromatic nitrogens is 2. The second kappa shape index (κ2) is 10.1. The number of rotatable bonds is 6. The van der Waals surface area contributed by atoms with Gasteiger partial charge in [-0.05, 0) is 61.8 Å². The number of likely N-dealkylation sites (tertiary alicyclic amines) is 1. The van der Waals surface area contributed by atoms with Gasteiger partial charge in [-0.25, -0.2) is 0 Å². The molecule has 1 aromatic heterocycles. The molecule has 0 radical (unpaired) electrons. The van der Waals surface area contributed by atoms with E-state index in [0.29, 0.717) is 40.3 Å². The van der Waals surface area contributed by atoms with E-state index in [0.717, 1.165) is 37.2 Å². The van der Waals surface area contributed by atoms with E-state index >= 15 is 0 Å². The number of carbonyl (C=O) groups excluding carboxylic acids is 1. The maximum absolute atomic E-state index is 12.6. The van der Waals surface area contributed by atoms with Crippen molar-refractivity contribution in [3.63, 3.8) is 0 Å². The van der Waals surface area contributed by atoms with Crippen LogP contribution in [0.2, 0.25) is 10.0 Å². The standard InChI is InChI=1S/C23H21Cl2N5O2/c24-17-3-6-19(20(25)13-17)22-28-21(32-29-22)14-30-11-8-16(9-12-30)23(31)27-18-4-1-15(2-5-18)7-10-26/h1-6,13,16H,7-9,11-12,14H2,(H,27,31). The van der Waals surface area contributed by atoms with Crippen LogP contribution in [0, 0.1) is 17.2 Å². The van der Waals surface area contributed by atoms with Crippen molar-refractivity contribution in [2.75, 3.05) is 18.4 Å². The summed E-state index contributed by atoms with van der Waals surface area (Å²) in [6.45, 7) is 2.05. The molecule has 1 fully saturated rings. The number of halogens is 2. The predicted octanol–water partition coefficient (Wildman–Crippen LogP) is 4.96. The SMILES string of the molecule is N#CCc1ccc(NC(=O)C2CCN(Cc3nc(-c4ccc(Cl)cc4Cl)no3)CC2)cc1. The summed E-state index contributed by atoms with van der Waals surface area (Å²) >= 11 is 12.2. The smallest absolute Gasteiger partial charge is 0.241 e. The Morgan fingerprint density at radius 3 is 2.62 bits per heavy atom. The van der Waals surface area contributed by atoms with Crippen molar-refractivity contribution in [2.45, 2.75) is 25.8 Å². The first-order valence-corrected chi connectivity index (χ1v) is 11.0. The van der Waals surface area contributed by atoms with Crippen LogP contribution in [0.4, 0.5) is 5.69 Å². The highest BCUT2D eigenvalue weighted by molar-refractivity contribution is 6.36. The molecule has 2 aromatic carbocycles. The Morgan fingerprint density at radius 1 is 1.19 bits per heavy atom. The minimum Gasteiger partial charge on any atom is -0.338 e. The van der Waals surface area contributed by atoms with Crippen LogP contribution in [0.5, 0.6) is 0 Å². The quantitative estimate of drug-likeness (QED) is 0.547. The second-order valence-corrected chi connectivity index (χ2v) is 8.55. The maximum Gasteiger partial charge on any atom is 0.241 e. The molecule has 2 heterocycles. The Balaban J connectivity index is 1.28. The van der Waals surface area contributed by atoms with Gasteiger partial charge >= 0.3 is 0 Å². The van der Waals surface area contributed by atoms with E-state index < -0.39 is 0 Å². The molecule has 0 spiro atoms. The van der Waals surface area contributed by atoms with Crippen molar-refractivity contribution in [1.29, 1.82) is 5.26 Å². The van der Waals surface area contributed by atoms with Crippen molar-refractivity contribution in [3.8, 4) is 17.5 Å². The van der Waals surface area contributed by atoms with Crippen LogP contribution in [0.25, 0.3) is 11.4 Å². The van der Waals surface area contributed by atoms with Gasteiger partial charge in [-0.2, -0.15) is 10.2 Å². The molecule has 32 heavy (non-hydrogen) atoms. The van der Waals surface area contributed by atoms with Crippen molar-refractivity contribution in [1.82, 2.24) is 15.0 Å². The lowest BCUT2D eigenvalue weighted by molar-refractivity contribution is -0.121. The highest BCUT2D eigenvalue weighted by atomic mass is 35.5. The minimum absolute atomic E-state index is 0.0233. The lowest BCUT2D eigenvalue weighted by atomic mass is 9.95. The number of nitrogens with one attached hydrogen (secondary N) is 1. The topological polar surface area (TPSA) is 95.1 Å². The Labute approximate surface area is 195 Å². The third kappa shape index (κ3) is 5.46. The van der Waals surface area contributed by atoms with E-state index in [1.54, 1.807) is 18.2 Å². The van der Waals surface area contributed by atoms with Gasteiger partial charge in [0.1, 0.15) is 0 Å². The Kier molecular flexibility index (Phi) is 7.05. The van der Waals surface area contributed by atoms with Crippen LogP contribution >= 0.6 is 23.2 Å². The van der Waals surface area contributed by atoms with Crippen LogP contribution in [0.1, 0.15) is 24.3 Å². The number of amides is 1. The number of anilines is 1. The van der Waals surface area contributed by atoms with E-state index in [1.165, 1.54) is 0 Å². The normalized spacial score (nSPS) is 14.8. The molecule has 1 saturated heterocycles. The fraction of sp³-hybridized carbons (Fsp3) is 0.304. The molecule has 4 rings (SSSR count). The highest BCUT2D eigenvalue weighted by Crippen LogP contribution is 2.29. The van der Waals surface area contributed by atoms with Crippen LogP contribution in [-0.4, -0.2) is 34.0 Å². The first-order chi connectivity index (χ1) is 15.5. The third-order valence-electron chi connectivity index (χ3n) is 5.46. The van der Waals surface area contributed by atoms with Crippen molar-refractivity contribution < 1.29 is 9.32 Å². The number of benzene rings is 2. The highest BCUT2D eigenvalue weighted by Gasteiger charge is 2.26. The summed E-state index contributed by atoms with van der Waals surface area (Å²) in [5, 5.41) is 16.8. The van der Waals surface area contributed by atoms with Crippen molar-refractivity contribution in [3.05, 3.63) is 64.0 Å². The van der Waals surface area contributed by atoms with Crippen molar-refractivity contribution in [2.24, 2.45) is 5.92 Å². The molecule has 1 amide bonds. The summed E-state index contributed by atoms with van der Waals surface area (Å²) in [6, 6.07) is 14.6. The van der Waals surface area contributed by atoms with E-state index in [1.807, 2.05) is 24.3 Å². The summed E-state index contributed by atoms with van der Waals surface area (Å²) in [7, 11) is 0. The van der Waals surface area contributed by atoms with E-state index in [9.17, 15) is 4.79 Å². The van der Waals surface area contributed by atoms with Gasteiger partial charge in [-0.15, -0.1) is 0 Å². The molecule has 0 bridgehead atoms. The molecule has 0 unspecified atom stereocenters. The maximum atomic E-state index is 12.6. The van der Waals surface area contributed by atoms with Gasteiger partial charge < -0.3 is 9.84 Å². The molecule has 0 aliphatic carbocycles. The molecular formula is C23H21Cl2N5O2. The number of carbonyl (C=O) groups is 1. The third-order valence-corrected chi connectivity index (χ3v) is 6.01. The summed E-state index contributed by atoms with van der Waals surface area (Å²) < 4.78 is 5.39. The first-order valence-electron chi connectivity index (χ1n) is 10.3. The van der Waals surface area contributed by atoms with Gasteiger partial charge in [0.2, 0.25) is 17.6 Å². The molecule has 3 aromatic rings. The number of nitrogens with zero attached hydrogens (tertiary/aromatic N) is 4. The number of hydrogen-bond donors (Lipinski definition) is 1. The fourth-order valence-corrected chi connectivity index (χ4v) is 4.18. The van der Waals surface area contributed by atoms with Gasteiger partial charge in [0.15, 0.2) is 0 Å². The summed E-state index contributed by atoms with van der Waals surface area (Å²) in [6.07, 6.45) is 1.87. The predicted molar refractivity (Wildman–Crippen MR) is 122 cm³/mol. The van der Waals surface area contributed by atoms with Gasteiger partial charge in [-0.1, -0.05) is 40.5 Å². The molecule has 1 aliphatic heterocycles. The second-order valence-electron chi connectivity index (χ2n) is 7.71. The summed E-state index contributed by atoms with van der Waals surface area (Å²) in [5.74, 6) is 0.911. The van der Waals surface area contributed by atoms with Crippen molar-refractivity contribution >= 4 is 34.8 Å². The molecule has 1 aliphatic rings. The Bertz CT molecular complexity index is 1130. The largest absolute Gasteiger partial charge is 0.338 e. The van der Waals surface area contributed by atoms with Crippen LogP contribution in [0.3, 0.4) is 0 Å². The lowest BCUT2D eigenvalue weighted by Crippen LogP contribution is -2.37. The van der Waals surface area contributed by atoms with Crippen LogP contribution in [-0.2, 0) is 17.8 Å². The van der Waals surface area contributed by atoms with E-state index in [-0.39, 0.29) is 11.8 Å². The molecule has 9 heteroatoms. The summed E-state index contributed by atoms with van der Waals surface area (Å²) in [4.78, 5) is 19.3. The molecular weight excluding hydrogens is 449 g/mol. The Hall–Kier alpha value is -2.92. The fourth-order valence-electron chi connectivity index (χ4n) is 3.69. The molecule has 1 N–H and O–H groups in total. The van der Waals surface area contributed by atoms with E-state index in [2.05, 4.69) is 26.4 Å². The zero-order valence-corrected chi connectivity index (χ0v) is 18.7. The first kappa shape index (κ1) is 22.3. The van der Waals surface area contributed by atoms with Gasteiger partial charge in [0, 0.05) is 22.2 Å². The number of nitriles is 1. The van der Waals surface area contributed by atoms with Gasteiger partial charge in [0.05, 0.1) is 24.1 Å². The monoisotopic (exact) mass is 469 g/mol. The molecule has 0 saturated carbocycles. The Morgan fingerprint density at radius 2 is 1.94 bits per heavy atom. The summed E-state index contributed by atoms with van der Waals surface area (Å²) in [5.41, 5.74) is 2.35. The van der Waals surface area contributed by atoms with Gasteiger partial charge in [-0.3, -0.25) is 9.69 Å². The zero-order valence-electron chi connectivity index (χ0n) is 17.2. The molecule has 0 atom stereocenters. The molecule has 7 nitrogen and oxygen atoms in total. The molecule has 164 valence electrons.